The van der Waals surface area contributed by atoms with Crippen LogP contribution >= 0.6 is 15.9 Å². The average molecular weight is 566 g/mol. The van der Waals surface area contributed by atoms with E-state index < -0.39 is 6.36 Å². The van der Waals surface area contributed by atoms with Gasteiger partial charge in [0.05, 0.1) is 11.9 Å². The Morgan fingerprint density at radius 3 is 2.58 bits per heavy atom. The molecule has 1 aromatic heterocycles. The molecule has 1 fully saturated rings. The molecule has 0 atom stereocenters. The van der Waals surface area contributed by atoms with Crippen LogP contribution < -0.4 is 20.7 Å². The first-order valence-electron chi connectivity index (χ1n) is 11.7. The van der Waals surface area contributed by atoms with E-state index in [2.05, 4.69) is 46.6 Å². The number of rotatable bonds is 8. The lowest BCUT2D eigenvalue weighted by Crippen LogP contribution is -2.35. The maximum absolute atomic E-state index is 12.7. The van der Waals surface area contributed by atoms with Crippen molar-refractivity contribution in [2.75, 3.05) is 24.2 Å². The zero-order valence-electron chi connectivity index (χ0n) is 19.7. The molecule has 0 radical (unpaired) electrons. The predicted molar refractivity (Wildman–Crippen MR) is 136 cm³/mol. The minimum absolute atomic E-state index is 0.178. The molecule has 0 aliphatic heterocycles. The van der Waals surface area contributed by atoms with Crippen molar-refractivity contribution in [2.24, 2.45) is 5.92 Å². The van der Waals surface area contributed by atoms with Gasteiger partial charge in [-0.1, -0.05) is 34.1 Å². The Bertz CT molecular complexity index is 1220. The molecular weight excluding hydrogens is 539 g/mol. The second-order valence-electron chi connectivity index (χ2n) is 8.81. The summed E-state index contributed by atoms with van der Waals surface area (Å²) < 4.78 is 42.6. The fraction of sp³-hybridized carbons (Fsp3) is 0.400. The largest absolute Gasteiger partial charge is 0.573 e. The Labute approximate surface area is 215 Å². The number of hydrogen-bond donors (Lipinski definition) is 3. The molecule has 1 amide bonds. The quantitative estimate of drug-likeness (QED) is 0.326. The molecule has 7 nitrogen and oxygen atoms in total. The van der Waals surface area contributed by atoms with Crippen LogP contribution in [0.4, 0.5) is 24.9 Å². The van der Waals surface area contributed by atoms with Crippen molar-refractivity contribution in [1.82, 2.24) is 15.3 Å². The molecule has 3 aromatic rings. The van der Waals surface area contributed by atoms with Gasteiger partial charge in [-0.3, -0.25) is 4.79 Å². The van der Waals surface area contributed by atoms with Crippen molar-refractivity contribution in [1.29, 1.82) is 0 Å². The number of alkyl halides is 3. The van der Waals surface area contributed by atoms with Gasteiger partial charge in [0.2, 0.25) is 11.9 Å². The molecule has 192 valence electrons. The van der Waals surface area contributed by atoms with Gasteiger partial charge < -0.3 is 20.7 Å². The zero-order chi connectivity index (χ0) is 25.7. The molecule has 11 heteroatoms. The number of fused-ring (bicyclic) bond motifs is 1. The van der Waals surface area contributed by atoms with Gasteiger partial charge in [-0.15, -0.1) is 13.2 Å². The van der Waals surface area contributed by atoms with E-state index >= 15 is 0 Å². The number of anilines is 2. The third-order valence-electron chi connectivity index (χ3n) is 6.21. The fourth-order valence-electron chi connectivity index (χ4n) is 4.41. The van der Waals surface area contributed by atoms with Crippen LogP contribution in [0.1, 0.15) is 31.2 Å². The van der Waals surface area contributed by atoms with Crippen LogP contribution in [0, 0.1) is 5.92 Å². The summed E-state index contributed by atoms with van der Waals surface area (Å²) >= 11 is 3.13. The monoisotopic (exact) mass is 565 g/mol. The SMILES string of the molecule is CNc1nc(NC2CCC(CNC(=O)Cc3ccc(Br)cc3OC(F)(F)F)CC2)nc2ccccc12. The standard InChI is InChI=1S/C25H27BrF3N5O2/c1-30-23-19-4-2-3-5-20(19)33-24(34-23)32-18-10-6-15(7-11-18)14-31-22(35)12-16-8-9-17(26)13-21(16)36-25(27,28)29/h2-5,8-9,13,15,18H,6-7,10-12,14H2,1H3,(H,31,35)(H2,30,32,33,34). The van der Waals surface area contributed by atoms with Crippen LogP contribution in [0.5, 0.6) is 5.75 Å². The highest BCUT2D eigenvalue weighted by Crippen LogP contribution is 2.30. The van der Waals surface area contributed by atoms with Crippen LogP contribution in [-0.2, 0) is 11.2 Å². The van der Waals surface area contributed by atoms with E-state index in [-0.39, 0.29) is 29.7 Å². The Hall–Kier alpha value is -3.08. The highest BCUT2D eigenvalue weighted by atomic mass is 79.9. The van der Waals surface area contributed by atoms with Crippen LogP contribution in [-0.4, -0.2) is 41.9 Å². The van der Waals surface area contributed by atoms with Crippen molar-refractivity contribution < 1.29 is 22.7 Å². The lowest BCUT2D eigenvalue weighted by atomic mass is 9.86. The number of carbonyl (C=O) groups is 1. The van der Waals surface area contributed by atoms with Gasteiger partial charge in [-0.2, -0.15) is 4.98 Å². The Kier molecular flexibility index (Phi) is 8.17. The van der Waals surface area contributed by atoms with Crippen LogP contribution in [0.25, 0.3) is 10.9 Å². The van der Waals surface area contributed by atoms with Gasteiger partial charge in [-0.25, -0.2) is 4.98 Å². The van der Waals surface area contributed by atoms with Gasteiger partial charge in [0.15, 0.2) is 0 Å². The predicted octanol–water partition coefficient (Wildman–Crippen LogP) is 5.66. The van der Waals surface area contributed by atoms with E-state index in [0.29, 0.717) is 22.9 Å². The second kappa shape index (κ2) is 11.3. The lowest BCUT2D eigenvalue weighted by molar-refractivity contribution is -0.274. The Balaban J connectivity index is 1.26. The Morgan fingerprint density at radius 1 is 1.11 bits per heavy atom. The summed E-state index contributed by atoms with van der Waals surface area (Å²) in [6, 6.07) is 12.3. The summed E-state index contributed by atoms with van der Waals surface area (Å²) in [5.41, 5.74) is 1.04. The summed E-state index contributed by atoms with van der Waals surface area (Å²) in [4.78, 5) is 21.7. The maximum atomic E-state index is 12.7. The minimum Gasteiger partial charge on any atom is -0.405 e. The van der Waals surface area contributed by atoms with E-state index in [1.807, 2.05) is 31.3 Å². The fourth-order valence-corrected chi connectivity index (χ4v) is 4.75. The summed E-state index contributed by atoms with van der Waals surface area (Å²) in [5, 5.41) is 10.4. The minimum atomic E-state index is -4.83. The molecule has 4 rings (SSSR count). The number of benzene rings is 2. The third kappa shape index (κ3) is 6.99. The summed E-state index contributed by atoms with van der Waals surface area (Å²) in [5.74, 6) is 0.938. The van der Waals surface area contributed by atoms with Crippen molar-refractivity contribution in [3.8, 4) is 5.75 Å². The van der Waals surface area contributed by atoms with Gasteiger partial charge in [-0.05, 0) is 55.9 Å². The number of nitrogens with zero attached hydrogens (tertiary/aromatic N) is 2. The van der Waals surface area contributed by atoms with Gasteiger partial charge in [0.1, 0.15) is 11.6 Å². The molecule has 1 aliphatic rings. The van der Waals surface area contributed by atoms with Crippen molar-refractivity contribution in [2.45, 2.75) is 44.5 Å². The highest BCUT2D eigenvalue weighted by molar-refractivity contribution is 9.10. The summed E-state index contributed by atoms with van der Waals surface area (Å²) in [6.45, 7) is 0.480. The topological polar surface area (TPSA) is 88.2 Å². The number of amides is 1. The zero-order valence-corrected chi connectivity index (χ0v) is 21.2. The lowest BCUT2D eigenvalue weighted by Gasteiger charge is -2.29. The van der Waals surface area contributed by atoms with E-state index in [1.54, 1.807) is 6.07 Å². The number of hydrogen-bond acceptors (Lipinski definition) is 6. The van der Waals surface area contributed by atoms with E-state index in [4.69, 9.17) is 0 Å². The second-order valence-corrected chi connectivity index (χ2v) is 9.72. The van der Waals surface area contributed by atoms with Crippen LogP contribution in [0.15, 0.2) is 46.9 Å². The maximum Gasteiger partial charge on any atom is 0.573 e. The molecule has 36 heavy (non-hydrogen) atoms. The van der Waals surface area contributed by atoms with Gasteiger partial charge in [0, 0.05) is 35.1 Å². The van der Waals surface area contributed by atoms with Crippen molar-refractivity contribution in [3.05, 3.63) is 52.5 Å². The Morgan fingerprint density at radius 2 is 1.86 bits per heavy atom. The molecular formula is C25H27BrF3N5O2. The summed E-state index contributed by atoms with van der Waals surface area (Å²) in [6.07, 6.45) is -1.39. The van der Waals surface area contributed by atoms with Crippen molar-refractivity contribution >= 4 is 44.5 Å². The highest BCUT2D eigenvalue weighted by Gasteiger charge is 2.32. The molecule has 1 saturated carbocycles. The number of nitrogens with one attached hydrogen (secondary N) is 3. The number of aromatic nitrogens is 2. The van der Waals surface area contributed by atoms with Gasteiger partial charge in [0.25, 0.3) is 0 Å². The summed E-state index contributed by atoms with van der Waals surface area (Å²) in [7, 11) is 1.83. The third-order valence-corrected chi connectivity index (χ3v) is 6.71. The van der Waals surface area contributed by atoms with Crippen molar-refractivity contribution in [3.63, 3.8) is 0 Å². The first kappa shape index (κ1) is 26.0. The number of ether oxygens (including phenoxy) is 1. The number of para-hydroxylation sites is 1. The van der Waals surface area contributed by atoms with Crippen LogP contribution in [0.2, 0.25) is 0 Å². The molecule has 3 N–H and O–H groups in total. The molecule has 0 saturated heterocycles. The van der Waals surface area contributed by atoms with E-state index in [9.17, 15) is 18.0 Å². The molecule has 1 aliphatic carbocycles. The molecule has 2 aromatic carbocycles. The molecule has 0 bridgehead atoms. The molecule has 1 heterocycles. The first-order chi connectivity index (χ1) is 17.2. The van der Waals surface area contributed by atoms with E-state index in [1.165, 1.54) is 12.1 Å². The van der Waals surface area contributed by atoms with Crippen LogP contribution in [0.3, 0.4) is 0 Å². The van der Waals surface area contributed by atoms with E-state index in [0.717, 1.165) is 42.4 Å². The van der Waals surface area contributed by atoms with Gasteiger partial charge >= 0.3 is 6.36 Å². The smallest absolute Gasteiger partial charge is 0.405 e. The normalized spacial score (nSPS) is 18.0. The number of halogens is 4. The first-order valence-corrected chi connectivity index (χ1v) is 12.5. The molecule has 0 unspecified atom stereocenters. The average Bonchev–Trinajstić information content (AvgIpc) is 2.84. The molecule has 0 spiro atoms. The number of carbonyl (C=O) groups excluding carboxylic acids is 1.